The van der Waals surface area contributed by atoms with Crippen LogP contribution < -0.4 is 16.0 Å². The summed E-state index contributed by atoms with van der Waals surface area (Å²) in [5.41, 5.74) is 3.19. The van der Waals surface area contributed by atoms with E-state index in [-0.39, 0.29) is 36.4 Å². The van der Waals surface area contributed by atoms with Crippen LogP contribution in [0.4, 0.5) is 5.69 Å². The van der Waals surface area contributed by atoms with Gasteiger partial charge >= 0.3 is 0 Å². The molecule has 1 aromatic heterocycles. The highest BCUT2D eigenvalue weighted by Gasteiger charge is 2.08. The first kappa shape index (κ1) is 21.9. The van der Waals surface area contributed by atoms with Crippen LogP contribution in [0, 0.1) is 6.92 Å². The van der Waals surface area contributed by atoms with Gasteiger partial charge < -0.3 is 16.0 Å². The average molecular weight is 467 g/mol. The number of aryl methyl sites for hydroxylation is 1. The summed E-state index contributed by atoms with van der Waals surface area (Å²) in [6, 6.07) is 12.1. The van der Waals surface area contributed by atoms with Crippen molar-refractivity contribution in [2.24, 2.45) is 4.99 Å². The van der Waals surface area contributed by atoms with E-state index in [0.29, 0.717) is 17.6 Å². The van der Waals surface area contributed by atoms with Gasteiger partial charge in [-0.05, 0) is 30.5 Å². The van der Waals surface area contributed by atoms with Gasteiger partial charge in [-0.25, -0.2) is 0 Å². The third-order valence-electron chi connectivity index (χ3n) is 3.81. The second-order valence-electron chi connectivity index (χ2n) is 5.91. The highest BCUT2D eigenvalue weighted by atomic mass is 127. The Balaban J connectivity index is 0.00000338. The van der Waals surface area contributed by atoms with Gasteiger partial charge in [-0.15, -0.1) is 24.0 Å². The van der Waals surface area contributed by atoms with Gasteiger partial charge in [0.2, 0.25) is 5.91 Å². The number of aliphatic imine (C=N–C) groups is 1. The van der Waals surface area contributed by atoms with Gasteiger partial charge in [-0.2, -0.15) is 0 Å². The summed E-state index contributed by atoms with van der Waals surface area (Å²) >= 11 is 0. The van der Waals surface area contributed by atoms with Gasteiger partial charge in [0.1, 0.15) is 0 Å². The molecule has 6 nitrogen and oxygen atoms in total. The standard InChI is InChI=1S/C19H25N5O.HI/c1-14-6-8-16(9-7-14)15(2)11-22-19(20-3)23-13-18(25)24-17-5-4-10-21-12-17;/h4-10,12,15H,11,13H2,1-3H3,(H,24,25)(H2,20,22,23);1H. The Bertz CT molecular complexity index is 704. The number of hydrogen-bond donors (Lipinski definition) is 3. The van der Waals surface area contributed by atoms with Crippen molar-refractivity contribution in [3.05, 3.63) is 59.9 Å². The van der Waals surface area contributed by atoms with E-state index in [1.54, 1.807) is 31.6 Å². The van der Waals surface area contributed by atoms with E-state index >= 15 is 0 Å². The predicted octanol–water partition coefficient (Wildman–Crippen LogP) is 2.92. The van der Waals surface area contributed by atoms with Crippen LogP contribution in [-0.4, -0.2) is 37.0 Å². The number of anilines is 1. The van der Waals surface area contributed by atoms with Crippen molar-refractivity contribution in [1.82, 2.24) is 15.6 Å². The maximum absolute atomic E-state index is 11.9. The molecular weight excluding hydrogens is 441 g/mol. The molecular formula is C19H26IN5O. The SMILES string of the molecule is CN=C(NCC(=O)Nc1cccnc1)NCC(C)c1ccc(C)cc1.I. The number of halogens is 1. The Morgan fingerprint density at radius 2 is 1.92 bits per heavy atom. The van der Waals surface area contributed by atoms with E-state index in [1.807, 2.05) is 0 Å². The lowest BCUT2D eigenvalue weighted by molar-refractivity contribution is -0.115. The van der Waals surface area contributed by atoms with Crippen LogP contribution in [0.25, 0.3) is 0 Å². The summed E-state index contributed by atoms with van der Waals surface area (Å²) in [4.78, 5) is 20.1. The number of amides is 1. The Morgan fingerprint density at radius 1 is 1.19 bits per heavy atom. The minimum absolute atomic E-state index is 0. The number of aromatic nitrogens is 1. The maximum atomic E-state index is 11.9. The van der Waals surface area contributed by atoms with Crippen molar-refractivity contribution >= 4 is 41.5 Å². The van der Waals surface area contributed by atoms with Gasteiger partial charge in [-0.1, -0.05) is 36.8 Å². The van der Waals surface area contributed by atoms with Crippen LogP contribution in [0.15, 0.2) is 53.8 Å². The third-order valence-corrected chi connectivity index (χ3v) is 3.81. The minimum atomic E-state index is -0.150. The molecule has 0 aliphatic carbocycles. The summed E-state index contributed by atoms with van der Waals surface area (Å²) in [5, 5.41) is 9.03. The van der Waals surface area contributed by atoms with E-state index in [0.717, 1.165) is 6.54 Å². The van der Waals surface area contributed by atoms with Crippen LogP contribution in [0.5, 0.6) is 0 Å². The number of pyridine rings is 1. The number of nitrogens with zero attached hydrogens (tertiary/aromatic N) is 2. The van der Waals surface area contributed by atoms with Gasteiger partial charge in [0.05, 0.1) is 18.4 Å². The molecule has 0 aliphatic heterocycles. The number of benzene rings is 1. The third kappa shape index (κ3) is 7.38. The molecule has 0 spiro atoms. The fourth-order valence-corrected chi connectivity index (χ4v) is 2.29. The van der Waals surface area contributed by atoms with Crippen LogP contribution in [-0.2, 0) is 4.79 Å². The topological polar surface area (TPSA) is 78.4 Å². The number of nitrogens with one attached hydrogen (secondary N) is 3. The summed E-state index contributed by atoms with van der Waals surface area (Å²) in [6.07, 6.45) is 3.27. The lowest BCUT2D eigenvalue weighted by atomic mass is 10.0. The summed E-state index contributed by atoms with van der Waals surface area (Å²) in [5.74, 6) is 0.784. The summed E-state index contributed by atoms with van der Waals surface area (Å²) in [6.45, 7) is 5.09. The van der Waals surface area contributed by atoms with Crippen molar-refractivity contribution in [2.45, 2.75) is 19.8 Å². The normalized spacial score (nSPS) is 11.9. The number of carbonyl (C=O) groups is 1. The zero-order chi connectivity index (χ0) is 18.1. The lowest BCUT2D eigenvalue weighted by Crippen LogP contribution is -2.42. The maximum Gasteiger partial charge on any atom is 0.243 e. The molecule has 0 bridgehead atoms. The number of hydrogen-bond acceptors (Lipinski definition) is 3. The molecule has 0 radical (unpaired) electrons. The molecule has 0 saturated heterocycles. The second-order valence-corrected chi connectivity index (χ2v) is 5.91. The molecule has 0 fully saturated rings. The zero-order valence-electron chi connectivity index (χ0n) is 15.3. The smallest absolute Gasteiger partial charge is 0.243 e. The summed E-state index contributed by atoms with van der Waals surface area (Å²) < 4.78 is 0. The van der Waals surface area contributed by atoms with Crippen LogP contribution in [0.1, 0.15) is 24.0 Å². The molecule has 1 atom stereocenters. The van der Waals surface area contributed by atoms with Crippen molar-refractivity contribution in [3.8, 4) is 0 Å². The van der Waals surface area contributed by atoms with E-state index in [2.05, 4.69) is 64.0 Å². The van der Waals surface area contributed by atoms with Crippen LogP contribution in [0.3, 0.4) is 0 Å². The van der Waals surface area contributed by atoms with E-state index in [1.165, 1.54) is 11.1 Å². The van der Waals surface area contributed by atoms with Crippen molar-refractivity contribution in [1.29, 1.82) is 0 Å². The predicted molar refractivity (Wildman–Crippen MR) is 117 cm³/mol. The molecule has 1 heterocycles. The monoisotopic (exact) mass is 467 g/mol. The Kier molecular flexibility index (Phi) is 9.64. The van der Waals surface area contributed by atoms with Crippen LogP contribution in [0.2, 0.25) is 0 Å². The molecule has 3 N–H and O–H groups in total. The van der Waals surface area contributed by atoms with Gasteiger partial charge in [-0.3, -0.25) is 14.8 Å². The first-order valence-electron chi connectivity index (χ1n) is 8.29. The highest BCUT2D eigenvalue weighted by molar-refractivity contribution is 14.0. The molecule has 7 heteroatoms. The number of carbonyl (C=O) groups excluding carboxylic acids is 1. The molecule has 1 unspecified atom stereocenters. The van der Waals surface area contributed by atoms with Gasteiger partial charge in [0.15, 0.2) is 5.96 Å². The molecule has 2 rings (SSSR count). The van der Waals surface area contributed by atoms with Crippen molar-refractivity contribution in [2.75, 3.05) is 25.5 Å². The number of guanidine groups is 1. The average Bonchev–Trinajstić information content (AvgIpc) is 2.63. The first-order chi connectivity index (χ1) is 12.1. The van der Waals surface area contributed by atoms with E-state index in [4.69, 9.17) is 0 Å². The van der Waals surface area contributed by atoms with Crippen LogP contribution >= 0.6 is 24.0 Å². The Hall–Kier alpha value is -2.16. The van der Waals surface area contributed by atoms with Crippen molar-refractivity contribution in [3.63, 3.8) is 0 Å². The molecule has 2 aromatic rings. The zero-order valence-corrected chi connectivity index (χ0v) is 17.7. The van der Waals surface area contributed by atoms with E-state index in [9.17, 15) is 4.79 Å². The van der Waals surface area contributed by atoms with Crippen molar-refractivity contribution < 1.29 is 4.79 Å². The molecule has 140 valence electrons. The quantitative estimate of drug-likeness (QED) is 0.347. The van der Waals surface area contributed by atoms with Gasteiger partial charge in [0, 0.05) is 19.8 Å². The van der Waals surface area contributed by atoms with Gasteiger partial charge in [0.25, 0.3) is 0 Å². The minimum Gasteiger partial charge on any atom is -0.356 e. The fourth-order valence-electron chi connectivity index (χ4n) is 2.29. The molecule has 26 heavy (non-hydrogen) atoms. The highest BCUT2D eigenvalue weighted by Crippen LogP contribution is 2.14. The molecule has 0 aliphatic rings. The Labute approximate surface area is 171 Å². The fraction of sp³-hybridized carbons (Fsp3) is 0.316. The summed E-state index contributed by atoms with van der Waals surface area (Å²) in [7, 11) is 1.69. The Morgan fingerprint density at radius 3 is 2.54 bits per heavy atom. The second kappa shape index (κ2) is 11.5. The number of rotatable bonds is 6. The largest absolute Gasteiger partial charge is 0.356 e. The lowest BCUT2D eigenvalue weighted by Gasteiger charge is -2.16. The molecule has 1 aromatic carbocycles. The molecule has 0 saturated carbocycles. The van der Waals surface area contributed by atoms with E-state index < -0.39 is 0 Å². The molecule has 1 amide bonds. The first-order valence-corrected chi connectivity index (χ1v) is 8.29.